The van der Waals surface area contributed by atoms with Gasteiger partial charge < -0.3 is 4.90 Å². The van der Waals surface area contributed by atoms with Gasteiger partial charge >= 0.3 is 0 Å². The Hall–Kier alpha value is -0.0400. The van der Waals surface area contributed by atoms with Crippen molar-refractivity contribution in [3.8, 4) is 0 Å². The summed E-state index contributed by atoms with van der Waals surface area (Å²) >= 11 is 0. The largest absolute Gasteiger partial charge is 0.303 e. The van der Waals surface area contributed by atoms with Crippen molar-refractivity contribution in [2.24, 2.45) is 0 Å². The normalized spacial score (nSPS) is 23.5. The van der Waals surface area contributed by atoms with Crippen LogP contribution in [0.5, 0.6) is 0 Å². The molecule has 74 valence electrons. The van der Waals surface area contributed by atoms with Crippen molar-refractivity contribution in [2.75, 3.05) is 13.6 Å². The van der Waals surface area contributed by atoms with E-state index < -0.39 is 0 Å². The lowest BCUT2D eigenvalue weighted by molar-refractivity contribution is 0.291. The van der Waals surface area contributed by atoms with Crippen LogP contribution in [-0.4, -0.2) is 24.5 Å². The van der Waals surface area contributed by atoms with Crippen LogP contribution in [0.15, 0.2) is 0 Å². The van der Waals surface area contributed by atoms with E-state index in [9.17, 15) is 0 Å². The van der Waals surface area contributed by atoms with Gasteiger partial charge in [-0.15, -0.1) is 0 Å². The van der Waals surface area contributed by atoms with Crippen molar-refractivity contribution in [3.05, 3.63) is 0 Å². The number of hydrogen-bond donors (Lipinski definition) is 0. The highest BCUT2D eigenvalue weighted by molar-refractivity contribution is 4.75. The Morgan fingerprint density at radius 1 is 1.33 bits per heavy atom. The minimum absolute atomic E-state index is 0.917. The second-order valence-corrected chi connectivity index (χ2v) is 3.42. The third-order valence-electron chi connectivity index (χ3n) is 2.56. The number of rotatable bonds is 3. The Balaban J connectivity index is 0.000000561. The van der Waals surface area contributed by atoms with E-state index in [1.807, 2.05) is 13.8 Å². The van der Waals surface area contributed by atoms with E-state index in [1.165, 1.54) is 38.6 Å². The van der Waals surface area contributed by atoms with E-state index in [0.717, 1.165) is 6.04 Å². The van der Waals surface area contributed by atoms with E-state index in [1.54, 1.807) is 0 Å². The van der Waals surface area contributed by atoms with Gasteiger partial charge in [0, 0.05) is 6.04 Å². The molecule has 0 saturated carbocycles. The van der Waals surface area contributed by atoms with Crippen LogP contribution < -0.4 is 0 Å². The van der Waals surface area contributed by atoms with Crippen LogP contribution in [0.3, 0.4) is 0 Å². The zero-order valence-corrected chi connectivity index (χ0v) is 9.27. The molecule has 0 aromatic heterocycles. The quantitative estimate of drug-likeness (QED) is 0.630. The van der Waals surface area contributed by atoms with Crippen LogP contribution in [0.1, 0.15) is 52.9 Å². The van der Waals surface area contributed by atoms with Gasteiger partial charge in [0.05, 0.1) is 0 Å². The second kappa shape index (κ2) is 7.60. The average Bonchev–Trinajstić information content (AvgIpc) is 2.51. The molecule has 0 aromatic carbocycles. The van der Waals surface area contributed by atoms with E-state index in [4.69, 9.17) is 0 Å². The van der Waals surface area contributed by atoms with Crippen LogP contribution in [-0.2, 0) is 0 Å². The molecule has 0 N–H and O–H groups in total. The summed E-state index contributed by atoms with van der Waals surface area (Å²) in [5.41, 5.74) is 0. The molecule has 1 heterocycles. The van der Waals surface area contributed by atoms with Crippen LogP contribution in [0.4, 0.5) is 0 Å². The third-order valence-corrected chi connectivity index (χ3v) is 2.56. The molecule has 1 atom stereocenters. The van der Waals surface area contributed by atoms with Crippen molar-refractivity contribution >= 4 is 0 Å². The second-order valence-electron chi connectivity index (χ2n) is 3.42. The zero-order valence-electron chi connectivity index (χ0n) is 9.27. The monoisotopic (exact) mass is 171 g/mol. The first kappa shape index (κ1) is 12.0. The van der Waals surface area contributed by atoms with Gasteiger partial charge in [0.15, 0.2) is 0 Å². The molecule has 1 heteroatoms. The zero-order chi connectivity index (χ0) is 9.40. The van der Waals surface area contributed by atoms with Gasteiger partial charge in [0.1, 0.15) is 0 Å². The molecule has 1 unspecified atom stereocenters. The topological polar surface area (TPSA) is 3.24 Å². The highest BCUT2D eigenvalue weighted by Crippen LogP contribution is 2.19. The minimum atomic E-state index is 0.917. The van der Waals surface area contributed by atoms with Gasteiger partial charge in [-0.3, -0.25) is 0 Å². The minimum Gasteiger partial charge on any atom is -0.303 e. The van der Waals surface area contributed by atoms with Crippen molar-refractivity contribution in [1.29, 1.82) is 0 Å². The lowest BCUT2D eigenvalue weighted by Gasteiger charge is -2.18. The van der Waals surface area contributed by atoms with E-state index in [2.05, 4.69) is 18.9 Å². The summed E-state index contributed by atoms with van der Waals surface area (Å²) < 4.78 is 0. The number of nitrogens with zero attached hydrogens (tertiary/aromatic N) is 1. The SMILES string of the molecule is CC.CCCCC1CCCN1C. The molecule has 0 amide bonds. The maximum absolute atomic E-state index is 2.51. The van der Waals surface area contributed by atoms with Gasteiger partial charge in [-0.1, -0.05) is 33.6 Å². The first-order chi connectivity index (χ1) is 5.84. The number of likely N-dealkylation sites (tertiary alicyclic amines) is 1. The Morgan fingerprint density at radius 2 is 2.00 bits per heavy atom. The van der Waals surface area contributed by atoms with Crippen molar-refractivity contribution < 1.29 is 0 Å². The summed E-state index contributed by atoms with van der Waals surface area (Å²) in [5.74, 6) is 0. The molecule has 0 radical (unpaired) electrons. The van der Waals surface area contributed by atoms with Gasteiger partial charge in [-0.2, -0.15) is 0 Å². The summed E-state index contributed by atoms with van der Waals surface area (Å²) in [4.78, 5) is 2.51. The molecule has 0 spiro atoms. The van der Waals surface area contributed by atoms with E-state index in [0.29, 0.717) is 0 Å². The van der Waals surface area contributed by atoms with E-state index in [-0.39, 0.29) is 0 Å². The van der Waals surface area contributed by atoms with Gasteiger partial charge in [-0.05, 0) is 32.9 Å². The first-order valence-electron chi connectivity index (χ1n) is 5.55. The Morgan fingerprint density at radius 3 is 2.42 bits per heavy atom. The molecule has 1 fully saturated rings. The van der Waals surface area contributed by atoms with Crippen molar-refractivity contribution in [1.82, 2.24) is 4.90 Å². The Bertz CT molecular complexity index is 91.0. The predicted molar refractivity (Wildman–Crippen MR) is 56.5 cm³/mol. The highest BCUT2D eigenvalue weighted by atomic mass is 15.1. The maximum atomic E-state index is 2.51. The van der Waals surface area contributed by atoms with Crippen LogP contribution in [0.2, 0.25) is 0 Å². The number of unbranched alkanes of at least 4 members (excludes halogenated alkanes) is 1. The Labute approximate surface area is 78.1 Å². The van der Waals surface area contributed by atoms with Crippen LogP contribution in [0.25, 0.3) is 0 Å². The van der Waals surface area contributed by atoms with Crippen molar-refractivity contribution in [3.63, 3.8) is 0 Å². The van der Waals surface area contributed by atoms with Gasteiger partial charge in [0.2, 0.25) is 0 Å². The number of hydrogen-bond acceptors (Lipinski definition) is 1. The molecule has 12 heavy (non-hydrogen) atoms. The lowest BCUT2D eigenvalue weighted by atomic mass is 10.1. The molecule has 1 nitrogen and oxygen atoms in total. The lowest BCUT2D eigenvalue weighted by Crippen LogP contribution is -2.24. The standard InChI is InChI=1S/C9H19N.C2H6/c1-3-4-6-9-7-5-8-10(9)2;1-2/h9H,3-8H2,1-2H3;1-2H3. The van der Waals surface area contributed by atoms with Gasteiger partial charge in [-0.25, -0.2) is 0 Å². The molecule has 1 rings (SSSR count). The molecular formula is C11H25N. The summed E-state index contributed by atoms with van der Waals surface area (Å²) in [6, 6.07) is 0.917. The Kier molecular flexibility index (Phi) is 7.58. The highest BCUT2D eigenvalue weighted by Gasteiger charge is 2.19. The fourth-order valence-electron chi connectivity index (χ4n) is 1.78. The molecule has 1 aliphatic heterocycles. The first-order valence-corrected chi connectivity index (χ1v) is 5.55. The third kappa shape index (κ3) is 4.10. The van der Waals surface area contributed by atoms with Crippen LogP contribution >= 0.6 is 0 Å². The van der Waals surface area contributed by atoms with E-state index >= 15 is 0 Å². The molecule has 0 aromatic rings. The maximum Gasteiger partial charge on any atom is 0.00926 e. The summed E-state index contributed by atoms with van der Waals surface area (Å²) in [5, 5.41) is 0. The summed E-state index contributed by atoms with van der Waals surface area (Å²) in [6.07, 6.45) is 7.05. The molecule has 1 aliphatic rings. The predicted octanol–water partition coefficient (Wildman–Crippen LogP) is 3.30. The fourth-order valence-corrected chi connectivity index (χ4v) is 1.78. The van der Waals surface area contributed by atoms with Crippen LogP contribution in [0, 0.1) is 0 Å². The molecule has 0 aliphatic carbocycles. The average molecular weight is 171 g/mol. The molecule has 1 saturated heterocycles. The van der Waals surface area contributed by atoms with Crippen molar-refractivity contribution in [2.45, 2.75) is 58.9 Å². The van der Waals surface area contributed by atoms with Gasteiger partial charge in [0.25, 0.3) is 0 Å². The summed E-state index contributed by atoms with van der Waals surface area (Å²) in [7, 11) is 2.26. The fraction of sp³-hybridized carbons (Fsp3) is 1.00. The smallest absolute Gasteiger partial charge is 0.00926 e. The molecular weight excluding hydrogens is 146 g/mol. The molecule has 0 bridgehead atoms. The summed E-state index contributed by atoms with van der Waals surface area (Å²) in [6.45, 7) is 7.60.